The minimum atomic E-state index is 0.119. The van der Waals surface area contributed by atoms with Crippen molar-refractivity contribution in [2.75, 3.05) is 40.0 Å². The molecule has 1 rings (SSSR count). The van der Waals surface area contributed by atoms with Crippen LogP contribution in [0.4, 0.5) is 0 Å². The zero-order valence-electron chi connectivity index (χ0n) is 12.1. The summed E-state index contributed by atoms with van der Waals surface area (Å²) in [6.45, 7) is 2.79. The fraction of sp³-hybridized carbons (Fsp3) is 0.929. The molecule has 1 fully saturated rings. The number of carbonyl (C=O) groups excluding carboxylic acids is 1. The van der Waals surface area contributed by atoms with Crippen molar-refractivity contribution in [3.63, 3.8) is 0 Å². The monoisotopic (exact) mass is 272 g/mol. The van der Waals surface area contributed by atoms with Gasteiger partial charge in [-0.2, -0.15) is 0 Å². The topological polar surface area (TPSA) is 61.8 Å². The molecule has 0 aromatic heterocycles. The van der Waals surface area contributed by atoms with Crippen LogP contribution >= 0.6 is 0 Å². The molecule has 0 radical (unpaired) electrons. The predicted molar refractivity (Wildman–Crippen MR) is 75.0 cm³/mol. The van der Waals surface area contributed by atoms with Crippen molar-refractivity contribution >= 4 is 5.91 Å². The highest BCUT2D eigenvalue weighted by Gasteiger charge is 2.16. The normalized spacial score (nSPS) is 16.8. The van der Waals surface area contributed by atoms with E-state index in [-0.39, 0.29) is 12.5 Å². The van der Waals surface area contributed by atoms with Crippen molar-refractivity contribution < 1.29 is 14.6 Å². The Morgan fingerprint density at radius 2 is 2.00 bits per heavy atom. The van der Waals surface area contributed by atoms with Gasteiger partial charge >= 0.3 is 0 Å². The maximum Gasteiger partial charge on any atom is 0.221 e. The predicted octanol–water partition coefficient (Wildman–Crippen LogP) is 0.766. The Kier molecular flexibility index (Phi) is 8.79. The summed E-state index contributed by atoms with van der Waals surface area (Å²) >= 11 is 0. The van der Waals surface area contributed by atoms with Crippen LogP contribution in [0.3, 0.4) is 0 Å². The minimum absolute atomic E-state index is 0.119. The molecule has 1 amide bonds. The smallest absolute Gasteiger partial charge is 0.221 e. The summed E-state index contributed by atoms with van der Waals surface area (Å²) in [5.74, 6) is 0.132. The maximum absolute atomic E-state index is 11.9. The van der Waals surface area contributed by atoms with Crippen molar-refractivity contribution in [3.05, 3.63) is 0 Å². The number of aliphatic hydroxyl groups is 1. The number of methoxy groups -OCH3 is 1. The lowest BCUT2D eigenvalue weighted by molar-refractivity contribution is -0.122. The number of carbonyl (C=O) groups is 1. The molecule has 1 aliphatic carbocycles. The first-order chi connectivity index (χ1) is 9.26. The van der Waals surface area contributed by atoms with E-state index in [4.69, 9.17) is 9.84 Å². The van der Waals surface area contributed by atoms with Crippen LogP contribution in [0.1, 0.15) is 38.5 Å². The Morgan fingerprint density at radius 1 is 1.26 bits per heavy atom. The molecule has 112 valence electrons. The first-order valence-corrected chi connectivity index (χ1v) is 7.37. The average Bonchev–Trinajstić information content (AvgIpc) is 2.43. The molecule has 0 spiro atoms. The van der Waals surface area contributed by atoms with Crippen LogP contribution < -0.4 is 5.32 Å². The molecule has 0 aromatic carbocycles. The van der Waals surface area contributed by atoms with Gasteiger partial charge in [0.15, 0.2) is 0 Å². The van der Waals surface area contributed by atoms with Crippen LogP contribution in [0.5, 0.6) is 0 Å². The van der Waals surface area contributed by atoms with Gasteiger partial charge in [0.05, 0.1) is 13.2 Å². The number of nitrogens with zero attached hydrogens (tertiary/aromatic N) is 1. The summed E-state index contributed by atoms with van der Waals surface area (Å²) in [5, 5.41) is 12.1. The van der Waals surface area contributed by atoms with Crippen LogP contribution in [0.2, 0.25) is 0 Å². The molecule has 5 heteroatoms. The van der Waals surface area contributed by atoms with Gasteiger partial charge in [0.25, 0.3) is 0 Å². The van der Waals surface area contributed by atoms with Gasteiger partial charge in [-0.05, 0) is 12.8 Å². The largest absolute Gasteiger partial charge is 0.395 e. The molecule has 0 bridgehead atoms. The quantitative estimate of drug-likeness (QED) is 0.651. The fourth-order valence-corrected chi connectivity index (χ4v) is 2.50. The molecule has 0 atom stereocenters. The van der Waals surface area contributed by atoms with Crippen LogP contribution in [0, 0.1) is 0 Å². The van der Waals surface area contributed by atoms with Crippen LogP contribution in [-0.2, 0) is 9.53 Å². The van der Waals surface area contributed by atoms with Crippen molar-refractivity contribution in [1.82, 2.24) is 10.2 Å². The summed E-state index contributed by atoms with van der Waals surface area (Å²) in [7, 11) is 1.66. The van der Waals surface area contributed by atoms with Crippen molar-refractivity contribution in [2.45, 2.75) is 44.6 Å². The number of rotatable bonds is 9. The highest BCUT2D eigenvalue weighted by molar-refractivity contribution is 5.76. The molecular weight excluding hydrogens is 244 g/mol. The summed E-state index contributed by atoms with van der Waals surface area (Å²) in [5.41, 5.74) is 0. The lowest BCUT2D eigenvalue weighted by atomic mass is 9.95. The second-order valence-electron chi connectivity index (χ2n) is 5.21. The zero-order valence-corrected chi connectivity index (χ0v) is 12.1. The van der Waals surface area contributed by atoms with E-state index in [1.165, 1.54) is 19.3 Å². The molecule has 5 nitrogen and oxygen atoms in total. The third-order valence-corrected chi connectivity index (χ3v) is 3.65. The third kappa shape index (κ3) is 7.50. The molecule has 0 heterocycles. The Hall–Kier alpha value is -0.650. The van der Waals surface area contributed by atoms with Gasteiger partial charge in [-0.15, -0.1) is 0 Å². The van der Waals surface area contributed by atoms with Gasteiger partial charge in [-0.1, -0.05) is 19.3 Å². The molecule has 2 N–H and O–H groups in total. The van der Waals surface area contributed by atoms with E-state index < -0.39 is 0 Å². The summed E-state index contributed by atoms with van der Waals surface area (Å²) in [6.07, 6.45) is 6.50. The Morgan fingerprint density at radius 3 is 2.63 bits per heavy atom. The van der Waals surface area contributed by atoms with Gasteiger partial charge in [0.2, 0.25) is 5.91 Å². The molecule has 0 aliphatic heterocycles. The number of amides is 1. The van der Waals surface area contributed by atoms with Crippen molar-refractivity contribution in [3.8, 4) is 0 Å². The van der Waals surface area contributed by atoms with E-state index in [2.05, 4.69) is 10.2 Å². The molecule has 0 aromatic rings. The van der Waals surface area contributed by atoms with E-state index in [0.717, 1.165) is 19.4 Å². The number of hydrogen-bond donors (Lipinski definition) is 2. The Bertz CT molecular complexity index is 243. The van der Waals surface area contributed by atoms with Gasteiger partial charge in [0.1, 0.15) is 0 Å². The average molecular weight is 272 g/mol. The highest BCUT2D eigenvalue weighted by Crippen LogP contribution is 2.17. The first kappa shape index (κ1) is 16.4. The molecular formula is C14H28N2O3. The minimum Gasteiger partial charge on any atom is -0.395 e. The molecule has 1 aliphatic rings. The van der Waals surface area contributed by atoms with E-state index in [0.29, 0.717) is 32.2 Å². The zero-order chi connectivity index (χ0) is 13.9. The third-order valence-electron chi connectivity index (χ3n) is 3.65. The maximum atomic E-state index is 11.9. The Labute approximate surface area is 116 Å². The second kappa shape index (κ2) is 10.2. The first-order valence-electron chi connectivity index (χ1n) is 7.37. The molecule has 19 heavy (non-hydrogen) atoms. The summed E-state index contributed by atoms with van der Waals surface area (Å²) < 4.78 is 5.02. The van der Waals surface area contributed by atoms with E-state index in [1.807, 2.05) is 0 Å². The van der Waals surface area contributed by atoms with Crippen molar-refractivity contribution in [2.24, 2.45) is 0 Å². The second-order valence-corrected chi connectivity index (χ2v) is 5.21. The number of nitrogens with one attached hydrogen (secondary N) is 1. The standard InChI is InChI=1S/C14H28N2O3/c1-19-12-10-16(9-11-17)8-7-14(18)15-13-5-3-2-4-6-13/h13,17H,2-12H2,1H3,(H,15,18). The SMILES string of the molecule is COCCN(CCO)CCC(=O)NC1CCCCC1. The molecule has 1 saturated carbocycles. The highest BCUT2D eigenvalue weighted by atomic mass is 16.5. The Balaban J connectivity index is 2.18. The van der Waals surface area contributed by atoms with Crippen LogP contribution in [0.25, 0.3) is 0 Å². The van der Waals surface area contributed by atoms with E-state index >= 15 is 0 Å². The number of hydrogen-bond acceptors (Lipinski definition) is 4. The van der Waals surface area contributed by atoms with Gasteiger partial charge in [-0.25, -0.2) is 0 Å². The summed E-state index contributed by atoms with van der Waals surface area (Å²) in [6, 6.07) is 0.381. The molecule has 0 unspecified atom stereocenters. The lowest BCUT2D eigenvalue weighted by Gasteiger charge is -2.24. The van der Waals surface area contributed by atoms with Crippen molar-refractivity contribution in [1.29, 1.82) is 0 Å². The van der Waals surface area contributed by atoms with Gasteiger partial charge < -0.3 is 15.2 Å². The lowest BCUT2D eigenvalue weighted by Crippen LogP contribution is -2.39. The van der Waals surface area contributed by atoms with Crippen LogP contribution in [-0.4, -0.2) is 61.9 Å². The fourth-order valence-electron chi connectivity index (χ4n) is 2.50. The number of ether oxygens (including phenoxy) is 1. The molecule has 0 saturated heterocycles. The number of aliphatic hydroxyl groups excluding tert-OH is 1. The van der Waals surface area contributed by atoms with Gasteiger partial charge in [-0.3, -0.25) is 9.69 Å². The van der Waals surface area contributed by atoms with E-state index in [9.17, 15) is 4.79 Å². The summed E-state index contributed by atoms with van der Waals surface area (Å²) in [4.78, 5) is 13.9. The van der Waals surface area contributed by atoms with E-state index in [1.54, 1.807) is 7.11 Å². The van der Waals surface area contributed by atoms with Crippen LogP contribution in [0.15, 0.2) is 0 Å². The van der Waals surface area contributed by atoms with Gasteiger partial charge in [0, 0.05) is 39.2 Å².